The quantitative estimate of drug-likeness (QED) is 0.0720. The molecule has 0 heterocycles. The summed E-state index contributed by atoms with van der Waals surface area (Å²) in [5.74, 6) is 0.266. The summed E-state index contributed by atoms with van der Waals surface area (Å²) in [6, 6.07) is 6.00. The number of hydrogen-bond acceptors (Lipinski definition) is 9. The predicted molar refractivity (Wildman–Crippen MR) is 225 cm³/mol. The first-order chi connectivity index (χ1) is 26.3. The summed E-state index contributed by atoms with van der Waals surface area (Å²) in [6.45, 7) is 22.3. The molecule has 0 fully saturated rings. The second-order valence-corrected chi connectivity index (χ2v) is 14.3. The van der Waals surface area contributed by atoms with Gasteiger partial charge in [0.15, 0.2) is 0 Å². The summed E-state index contributed by atoms with van der Waals surface area (Å²) in [4.78, 5) is 71.7. The van der Waals surface area contributed by atoms with Crippen LogP contribution in [-0.4, -0.2) is 112 Å². The number of aldehydes is 1. The van der Waals surface area contributed by atoms with Gasteiger partial charge < -0.3 is 51.1 Å². The Morgan fingerprint density at radius 2 is 1.48 bits per heavy atom. The smallest absolute Gasteiger partial charge is 0.409 e. The number of likely N-dealkylation sites (N-methyl/N-ethyl adjacent to an activating group) is 3. The van der Waals surface area contributed by atoms with Gasteiger partial charge in [0.2, 0.25) is 17.7 Å². The van der Waals surface area contributed by atoms with Gasteiger partial charge >= 0.3 is 12.1 Å². The number of carbonyl (C=O) groups excluding carboxylic acids is 6. The summed E-state index contributed by atoms with van der Waals surface area (Å²) in [7, 11) is 5.03. The van der Waals surface area contributed by atoms with Crippen LogP contribution in [0.3, 0.4) is 0 Å². The first kappa shape index (κ1) is 56.1. The third-order valence-corrected chi connectivity index (χ3v) is 7.69. The number of nitrogens with one attached hydrogen (secondary N) is 4. The van der Waals surface area contributed by atoms with Crippen molar-refractivity contribution in [2.24, 2.45) is 17.6 Å². The van der Waals surface area contributed by atoms with Crippen LogP contribution in [0.4, 0.5) is 15.3 Å². The number of urea groups is 1. The Hall–Kier alpha value is -4.24. The number of primary amides is 1. The van der Waals surface area contributed by atoms with Gasteiger partial charge in [0.1, 0.15) is 12.9 Å². The summed E-state index contributed by atoms with van der Waals surface area (Å²) >= 11 is 0. The van der Waals surface area contributed by atoms with E-state index in [0.29, 0.717) is 63.2 Å². The highest BCUT2D eigenvalue weighted by atomic mass is 16.6. The zero-order valence-electron chi connectivity index (χ0n) is 36.8. The maximum Gasteiger partial charge on any atom is 0.409 e. The van der Waals surface area contributed by atoms with Crippen LogP contribution in [0.1, 0.15) is 113 Å². The molecule has 0 bridgehead atoms. The molecule has 6 N–H and O–H groups in total. The second-order valence-electron chi connectivity index (χ2n) is 14.3. The minimum Gasteiger partial charge on any atom is -0.445 e. The van der Waals surface area contributed by atoms with Crippen molar-refractivity contribution in [3.63, 3.8) is 0 Å². The molecular weight excluding hydrogens is 718 g/mol. The summed E-state index contributed by atoms with van der Waals surface area (Å²) in [5.41, 5.74) is 6.13. The van der Waals surface area contributed by atoms with Gasteiger partial charge in [0, 0.05) is 58.4 Å². The fourth-order valence-electron chi connectivity index (χ4n) is 4.34. The molecule has 0 aliphatic rings. The van der Waals surface area contributed by atoms with E-state index in [1.165, 1.54) is 11.3 Å². The number of ether oxygens (including phenoxy) is 2. The molecule has 1 unspecified atom stereocenters. The van der Waals surface area contributed by atoms with Crippen molar-refractivity contribution in [2.45, 2.75) is 126 Å². The Balaban J connectivity index is -0.00000107. The van der Waals surface area contributed by atoms with Crippen LogP contribution in [0, 0.1) is 11.8 Å². The Labute approximate surface area is 337 Å². The highest BCUT2D eigenvalue weighted by molar-refractivity contribution is 5.94. The lowest BCUT2D eigenvalue weighted by atomic mass is 10.0. The van der Waals surface area contributed by atoms with Crippen molar-refractivity contribution in [3.8, 4) is 0 Å². The molecule has 6 amide bonds. The molecule has 1 atom stereocenters. The van der Waals surface area contributed by atoms with Crippen LogP contribution in [0.5, 0.6) is 0 Å². The maximum absolute atomic E-state index is 12.5. The van der Waals surface area contributed by atoms with Gasteiger partial charge in [-0.25, -0.2) is 9.59 Å². The predicted octanol–water partition coefficient (Wildman–Crippen LogP) is 5.71. The van der Waals surface area contributed by atoms with Gasteiger partial charge in [-0.2, -0.15) is 0 Å². The molecule has 56 heavy (non-hydrogen) atoms. The minimum absolute atomic E-state index is 0.0232. The molecule has 15 heteroatoms. The van der Waals surface area contributed by atoms with Crippen molar-refractivity contribution >= 4 is 41.8 Å². The van der Waals surface area contributed by atoms with Gasteiger partial charge in [0.05, 0.1) is 18.2 Å². The van der Waals surface area contributed by atoms with Crippen LogP contribution >= 0.6 is 0 Å². The molecule has 0 aromatic heterocycles. The van der Waals surface area contributed by atoms with Crippen molar-refractivity contribution in [1.82, 2.24) is 25.8 Å². The third-order valence-electron chi connectivity index (χ3n) is 7.69. The number of anilines is 1. The third kappa shape index (κ3) is 31.0. The fraction of sp³-hybridized carbons (Fsp3) is 0.707. The fourth-order valence-corrected chi connectivity index (χ4v) is 4.34. The van der Waals surface area contributed by atoms with E-state index >= 15 is 0 Å². The van der Waals surface area contributed by atoms with E-state index < -0.39 is 18.2 Å². The molecule has 1 aromatic rings. The lowest BCUT2D eigenvalue weighted by Crippen LogP contribution is -2.39. The van der Waals surface area contributed by atoms with E-state index in [-0.39, 0.29) is 42.4 Å². The molecule has 1 aromatic carbocycles. The summed E-state index contributed by atoms with van der Waals surface area (Å²) < 4.78 is 11.1. The maximum atomic E-state index is 12.5. The molecule has 0 saturated heterocycles. The van der Waals surface area contributed by atoms with Crippen molar-refractivity contribution in [3.05, 3.63) is 29.8 Å². The van der Waals surface area contributed by atoms with E-state index in [4.69, 9.17) is 15.2 Å². The molecular formula is C41H77N7O8. The molecule has 0 aliphatic carbocycles. The second kappa shape index (κ2) is 34.0. The largest absolute Gasteiger partial charge is 0.445 e. The molecule has 1 rings (SSSR count). The molecule has 0 saturated carbocycles. The zero-order chi connectivity index (χ0) is 43.7. The van der Waals surface area contributed by atoms with Crippen molar-refractivity contribution < 1.29 is 38.2 Å². The van der Waals surface area contributed by atoms with E-state index in [1.54, 1.807) is 50.3 Å². The van der Waals surface area contributed by atoms with Gasteiger partial charge in [-0.1, -0.05) is 73.9 Å². The Kier molecular flexibility index (Phi) is 34.1. The highest BCUT2D eigenvalue weighted by Crippen LogP contribution is 2.18. The van der Waals surface area contributed by atoms with E-state index in [9.17, 15) is 28.8 Å². The van der Waals surface area contributed by atoms with Gasteiger partial charge in [0.25, 0.3) is 0 Å². The first-order valence-electron chi connectivity index (χ1n) is 19.9. The number of nitrogens with two attached hydrogens (primary N) is 1. The first-order valence-corrected chi connectivity index (χ1v) is 19.9. The Morgan fingerprint density at radius 3 is 1.98 bits per heavy atom. The number of hydrogen-bond donors (Lipinski definition) is 5. The molecule has 0 spiro atoms. The molecule has 324 valence electrons. The molecule has 0 radical (unpaired) electrons. The number of benzene rings is 1. The lowest BCUT2D eigenvalue weighted by molar-refractivity contribution is -0.133. The van der Waals surface area contributed by atoms with Gasteiger partial charge in [-0.3, -0.25) is 14.4 Å². The van der Waals surface area contributed by atoms with Gasteiger partial charge in [-0.05, 0) is 70.2 Å². The summed E-state index contributed by atoms with van der Waals surface area (Å²) in [5, 5.41) is 10.8. The van der Waals surface area contributed by atoms with Crippen molar-refractivity contribution in [1.29, 1.82) is 0 Å². The zero-order valence-corrected chi connectivity index (χ0v) is 36.8. The number of rotatable bonds is 22. The highest BCUT2D eigenvalue weighted by Gasteiger charge is 2.20. The normalized spacial score (nSPS) is 10.9. The molecule has 15 nitrogen and oxygen atoms in total. The monoisotopic (exact) mass is 796 g/mol. The minimum atomic E-state index is -0.589. The van der Waals surface area contributed by atoms with Crippen molar-refractivity contribution in [2.75, 3.05) is 59.2 Å². The lowest BCUT2D eigenvalue weighted by Gasteiger charge is -2.25. The average molecular weight is 796 g/mol. The van der Waals surface area contributed by atoms with Crippen LogP contribution in [0.15, 0.2) is 24.3 Å². The summed E-state index contributed by atoms with van der Waals surface area (Å²) in [6.07, 6.45) is 4.67. The Bertz CT molecular complexity index is 1230. The van der Waals surface area contributed by atoms with E-state index in [0.717, 1.165) is 18.6 Å². The van der Waals surface area contributed by atoms with Gasteiger partial charge in [-0.15, -0.1) is 0 Å². The molecule has 0 aliphatic heterocycles. The standard InChI is InChI=1S/C23H38N6O5.C13H25NO3.C3H8.C2H6/c1-16(2)21(31)28(4)13-14-29(5)23(33)34-15-17-8-10-18(11-9-17)27-20(30)19(25-3)7-6-12-26-22(24)32;1-11(2)6-10-17-13(3,4)7-5-12(16)14-8-9-15;1-3-2;1-2/h8-11,16,19,25H,6-7,12-15H2,1-5H3,(H,27,30)(H3,24,26,32);9,11H,5-8,10H2,1-4H3,(H,14,16);3H2,1-2H3;1-2H3. The number of nitrogens with zero attached hydrogens (tertiary/aromatic N) is 2. The average Bonchev–Trinajstić information content (AvgIpc) is 3.15. The number of carbonyl (C=O) groups is 6. The van der Waals surface area contributed by atoms with Crippen LogP contribution in [-0.2, 0) is 35.3 Å². The number of amides is 6. The SMILES string of the molecule is CC.CC(C)CCOC(C)(C)CCC(=O)NCC=O.CCC.CNC(CCCNC(N)=O)C(=O)Nc1ccc(COC(=O)N(C)CCN(C)C(=O)C(C)C)cc1. The topological polar surface area (TPSA) is 201 Å². The van der Waals surface area contributed by atoms with E-state index in [2.05, 4.69) is 49.0 Å². The Morgan fingerprint density at radius 1 is 0.911 bits per heavy atom. The van der Waals surface area contributed by atoms with Crippen LogP contribution < -0.4 is 27.0 Å². The van der Waals surface area contributed by atoms with Crippen LogP contribution in [0.25, 0.3) is 0 Å². The van der Waals surface area contributed by atoms with Crippen LogP contribution in [0.2, 0.25) is 0 Å². The van der Waals surface area contributed by atoms with E-state index in [1.807, 2.05) is 41.5 Å².